The van der Waals surface area contributed by atoms with Crippen LogP contribution >= 0.6 is 23.2 Å². The molecule has 0 bridgehead atoms. The molecule has 1 aliphatic rings. The lowest BCUT2D eigenvalue weighted by Crippen LogP contribution is -2.50. The summed E-state index contributed by atoms with van der Waals surface area (Å²) in [6.07, 6.45) is 6.07. The molecule has 2 amide bonds. The minimum atomic E-state index is -0.485. The molecule has 0 aliphatic heterocycles. The third-order valence-corrected chi connectivity index (χ3v) is 5.49. The van der Waals surface area contributed by atoms with Gasteiger partial charge in [-0.3, -0.25) is 9.59 Å². The molecule has 4 nitrogen and oxygen atoms in total. The third kappa shape index (κ3) is 5.62. The number of carbonyl (C=O) groups is 2. The van der Waals surface area contributed by atoms with E-state index in [0.29, 0.717) is 29.4 Å². The molecule has 0 saturated heterocycles. The van der Waals surface area contributed by atoms with Crippen LogP contribution in [-0.2, 0) is 16.1 Å². The first-order chi connectivity index (χ1) is 12.5. The summed E-state index contributed by atoms with van der Waals surface area (Å²) in [5.41, 5.74) is 0.799. The van der Waals surface area contributed by atoms with Crippen molar-refractivity contribution < 1.29 is 9.59 Å². The molecule has 6 heteroatoms. The highest BCUT2D eigenvalue weighted by Crippen LogP contribution is 2.24. The number of nitrogens with zero attached hydrogens (tertiary/aromatic N) is 1. The van der Waals surface area contributed by atoms with Crippen LogP contribution < -0.4 is 5.32 Å². The molecule has 0 aromatic heterocycles. The van der Waals surface area contributed by atoms with Gasteiger partial charge in [-0.2, -0.15) is 0 Å². The normalized spacial score (nSPS) is 15.7. The Kier molecular flexibility index (Phi) is 8.23. The van der Waals surface area contributed by atoms with Gasteiger partial charge >= 0.3 is 0 Å². The molecule has 26 heavy (non-hydrogen) atoms. The molecular weight excluding hydrogens is 371 g/mol. The highest BCUT2D eigenvalue weighted by atomic mass is 35.5. The molecule has 0 unspecified atom stereocenters. The molecule has 1 N–H and O–H groups in total. The second-order valence-corrected chi connectivity index (χ2v) is 7.77. The van der Waals surface area contributed by atoms with Crippen LogP contribution in [0.3, 0.4) is 0 Å². The first-order valence-corrected chi connectivity index (χ1v) is 10.3. The van der Waals surface area contributed by atoms with Crippen LogP contribution in [0.5, 0.6) is 0 Å². The Morgan fingerprint density at radius 1 is 1.23 bits per heavy atom. The van der Waals surface area contributed by atoms with Gasteiger partial charge < -0.3 is 10.2 Å². The number of nitrogens with one attached hydrogen (secondary N) is 1. The Morgan fingerprint density at radius 3 is 2.50 bits per heavy atom. The van der Waals surface area contributed by atoms with Gasteiger partial charge in [0.25, 0.3) is 0 Å². The van der Waals surface area contributed by atoms with E-state index in [0.717, 1.165) is 37.7 Å². The average Bonchev–Trinajstić information content (AvgIpc) is 3.09. The van der Waals surface area contributed by atoms with E-state index >= 15 is 0 Å². The summed E-state index contributed by atoms with van der Waals surface area (Å²) in [7, 11) is 0. The predicted octanol–water partition coefficient (Wildman–Crippen LogP) is 4.96. The maximum absolute atomic E-state index is 12.9. The van der Waals surface area contributed by atoms with Crippen LogP contribution in [0.2, 0.25) is 10.0 Å². The first-order valence-electron chi connectivity index (χ1n) is 9.50. The van der Waals surface area contributed by atoms with Gasteiger partial charge in [-0.05, 0) is 43.4 Å². The first kappa shape index (κ1) is 21.0. The molecule has 1 saturated carbocycles. The lowest BCUT2D eigenvalue weighted by Gasteiger charge is -2.31. The monoisotopic (exact) mass is 398 g/mol. The number of halogens is 2. The lowest BCUT2D eigenvalue weighted by atomic mass is 10.1. The second kappa shape index (κ2) is 10.2. The number of hydrogen-bond donors (Lipinski definition) is 1. The van der Waals surface area contributed by atoms with Crippen LogP contribution in [0.15, 0.2) is 18.2 Å². The van der Waals surface area contributed by atoms with Gasteiger partial charge in [-0.15, -0.1) is 0 Å². The molecule has 1 aromatic rings. The van der Waals surface area contributed by atoms with Crippen molar-refractivity contribution in [2.24, 2.45) is 0 Å². The molecule has 1 fully saturated rings. The topological polar surface area (TPSA) is 49.4 Å². The van der Waals surface area contributed by atoms with E-state index in [1.54, 1.807) is 17.0 Å². The van der Waals surface area contributed by atoms with Crippen LogP contribution in [0, 0.1) is 0 Å². The van der Waals surface area contributed by atoms with Crippen molar-refractivity contribution in [2.45, 2.75) is 77.4 Å². The van der Waals surface area contributed by atoms with Crippen molar-refractivity contribution in [1.82, 2.24) is 10.2 Å². The van der Waals surface area contributed by atoms with Crippen molar-refractivity contribution in [2.75, 3.05) is 0 Å². The van der Waals surface area contributed by atoms with Crippen LogP contribution in [-0.4, -0.2) is 28.8 Å². The molecule has 0 radical (unpaired) electrons. The zero-order chi connectivity index (χ0) is 19.1. The molecular formula is C20H28Cl2N2O2. The van der Waals surface area contributed by atoms with Crippen molar-refractivity contribution in [3.05, 3.63) is 33.8 Å². The van der Waals surface area contributed by atoms with Crippen molar-refractivity contribution >= 4 is 35.0 Å². The largest absolute Gasteiger partial charge is 0.352 e. The van der Waals surface area contributed by atoms with Gasteiger partial charge in [0.1, 0.15) is 6.04 Å². The highest BCUT2D eigenvalue weighted by Gasteiger charge is 2.30. The van der Waals surface area contributed by atoms with Gasteiger partial charge in [0.05, 0.1) is 0 Å². The summed E-state index contributed by atoms with van der Waals surface area (Å²) in [4.78, 5) is 27.3. The number of hydrogen-bond acceptors (Lipinski definition) is 2. The fraction of sp³-hybridized carbons (Fsp3) is 0.600. The number of amides is 2. The molecule has 0 heterocycles. The molecule has 144 valence electrons. The summed E-state index contributed by atoms with van der Waals surface area (Å²) < 4.78 is 0. The van der Waals surface area contributed by atoms with E-state index in [1.165, 1.54) is 0 Å². The van der Waals surface area contributed by atoms with Gasteiger partial charge in [0, 0.05) is 29.1 Å². The maximum atomic E-state index is 12.9. The maximum Gasteiger partial charge on any atom is 0.243 e. The van der Waals surface area contributed by atoms with Crippen LogP contribution in [0.4, 0.5) is 0 Å². The van der Waals surface area contributed by atoms with Crippen molar-refractivity contribution in [1.29, 1.82) is 0 Å². The molecule has 0 spiro atoms. The van der Waals surface area contributed by atoms with E-state index < -0.39 is 6.04 Å². The van der Waals surface area contributed by atoms with Gasteiger partial charge in [0.15, 0.2) is 0 Å². The van der Waals surface area contributed by atoms with Crippen LogP contribution in [0.1, 0.15) is 64.4 Å². The summed E-state index contributed by atoms with van der Waals surface area (Å²) in [5, 5.41) is 4.19. The zero-order valence-electron chi connectivity index (χ0n) is 15.6. The van der Waals surface area contributed by atoms with Gasteiger partial charge in [0.2, 0.25) is 11.8 Å². The zero-order valence-corrected chi connectivity index (χ0v) is 17.1. The molecule has 1 aromatic carbocycles. The Balaban J connectivity index is 2.19. The third-order valence-electron chi connectivity index (χ3n) is 4.91. The highest BCUT2D eigenvalue weighted by molar-refractivity contribution is 6.35. The average molecular weight is 399 g/mol. The number of rotatable bonds is 8. The quantitative estimate of drug-likeness (QED) is 0.672. The lowest BCUT2D eigenvalue weighted by molar-refractivity contribution is -0.141. The Labute approximate surface area is 166 Å². The Morgan fingerprint density at radius 2 is 1.92 bits per heavy atom. The van der Waals surface area contributed by atoms with Crippen molar-refractivity contribution in [3.8, 4) is 0 Å². The van der Waals surface area contributed by atoms with E-state index in [4.69, 9.17) is 23.2 Å². The standard InChI is InChI=1S/C20H28Cl2N2O2/c1-3-7-19(25)24(13-14-10-11-15(21)12-17(14)22)18(4-2)20(26)23-16-8-5-6-9-16/h10-12,16,18H,3-9,13H2,1-2H3,(H,23,26)/t18-/m0/s1. The number of benzene rings is 1. The fourth-order valence-electron chi connectivity index (χ4n) is 3.48. The minimum absolute atomic E-state index is 0.0214. The fourth-order valence-corrected chi connectivity index (χ4v) is 3.95. The van der Waals surface area contributed by atoms with E-state index in [2.05, 4.69) is 5.32 Å². The van der Waals surface area contributed by atoms with E-state index in [9.17, 15) is 9.59 Å². The minimum Gasteiger partial charge on any atom is -0.352 e. The predicted molar refractivity (Wildman–Crippen MR) is 106 cm³/mol. The summed E-state index contributed by atoms with van der Waals surface area (Å²) in [6, 6.07) is 4.99. The van der Waals surface area contributed by atoms with Crippen LogP contribution in [0.25, 0.3) is 0 Å². The van der Waals surface area contributed by atoms with E-state index in [-0.39, 0.29) is 17.9 Å². The summed E-state index contributed by atoms with van der Waals surface area (Å²) in [5.74, 6) is -0.0825. The summed E-state index contributed by atoms with van der Waals surface area (Å²) in [6.45, 7) is 4.21. The number of carbonyl (C=O) groups excluding carboxylic acids is 2. The molecule has 1 aliphatic carbocycles. The SMILES string of the molecule is CCCC(=O)N(Cc1ccc(Cl)cc1Cl)[C@@H](CC)C(=O)NC1CCCC1. The Hall–Kier alpha value is -1.26. The smallest absolute Gasteiger partial charge is 0.243 e. The van der Waals surface area contributed by atoms with Gasteiger partial charge in [-0.25, -0.2) is 0 Å². The summed E-state index contributed by atoms with van der Waals surface area (Å²) >= 11 is 12.3. The van der Waals surface area contributed by atoms with E-state index in [1.807, 2.05) is 19.9 Å². The van der Waals surface area contributed by atoms with Crippen molar-refractivity contribution in [3.63, 3.8) is 0 Å². The van der Waals surface area contributed by atoms with Gasteiger partial charge in [-0.1, -0.05) is 56.0 Å². The molecule has 1 atom stereocenters. The Bertz CT molecular complexity index is 630. The molecule has 2 rings (SSSR count). The second-order valence-electron chi connectivity index (χ2n) is 6.92.